The quantitative estimate of drug-likeness (QED) is 0.296. The molecular weight excluding hydrogens is 449 g/mol. The van der Waals surface area contributed by atoms with E-state index >= 15 is 0 Å². The van der Waals surface area contributed by atoms with E-state index in [4.69, 9.17) is 13.9 Å². The maximum absolute atomic E-state index is 13.5. The Hall–Kier alpha value is -4.35. The van der Waals surface area contributed by atoms with Crippen molar-refractivity contribution in [2.75, 3.05) is 25.1 Å². The van der Waals surface area contributed by atoms with Gasteiger partial charge in [-0.2, -0.15) is 0 Å². The van der Waals surface area contributed by atoms with Crippen LogP contribution in [-0.2, 0) is 19.1 Å². The van der Waals surface area contributed by atoms with Crippen LogP contribution in [0.25, 0.3) is 11.0 Å². The van der Waals surface area contributed by atoms with E-state index in [2.05, 4.69) is 5.32 Å². The molecule has 0 saturated carbocycles. The molecule has 2 amide bonds. The number of halogens is 3. The lowest BCUT2D eigenvalue weighted by atomic mass is 10.2. The lowest BCUT2D eigenvalue weighted by Gasteiger charge is -2.09. The van der Waals surface area contributed by atoms with Crippen LogP contribution in [0.15, 0.2) is 51.7 Å². The second-order valence-corrected chi connectivity index (χ2v) is 6.45. The summed E-state index contributed by atoms with van der Waals surface area (Å²) in [6, 6.07) is 8.83. The summed E-state index contributed by atoms with van der Waals surface area (Å²) in [5.41, 5.74) is -0.896. The van der Waals surface area contributed by atoms with Gasteiger partial charge in [0.2, 0.25) is 5.91 Å². The number of fused-ring (bicyclic) bond motifs is 1. The third kappa shape index (κ3) is 6.32. The maximum atomic E-state index is 13.5. The highest BCUT2D eigenvalue weighted by molar-refractivity contribution is 5.95. The fourth-order valence-electron chi connectivity index (χ4n) is 2.51. The zero-order chi connectivity index (χ0) is 24.0. The normalized spacial score (nSPS) is 10.5. The number of hydrogen-bond acceptors (Lipinski definition) is 7. The van der Waals surface area contributed by atoms with Crippen molar-refractivity contribution in [3.8, 4) is 5.75 Å². The summed E-state index contributed by atoms with van der Waals surface area (Å²) in [5, 5.41) is 4.71. The number of carbonyl (C=O) groups is 3. The molecule has 0 spiro atoms. The smallest absolute Gasteiger partial charge is 0.344 e. The molecule has 1 aromatic heterocycles. The van der Waals surface area contributed by atoms with Gasteiger partial charge in [-0.3, -0.25) is 9.59 Å². The molecule has 0 aliphatic heterocycles. The highest BCUT2D eigenvalue weighted by Crippen LogP contribution is 2.20. The van der Waals surface area contributed by atoms with E-state index in [1.807, 2.05) is 5.32 Å². The third-order valence-corrected chi connectivity index (χ3v) is 4.07. The van der Waals surface area contributed by atoms with Crippen molar-refractivity contribution >= 4 is 34.4 Å². The standard InChI is InChI=1S/C21H15F3N2O7/c22-13-4-5-14(21(24)20(13)23)26-16(27)8-25-17(28)9-32-19(30)10-31-12-3-1-11-2-6-18(29)33-15(11)7-12/h1-7H,8-10H2,(H,25,28)(H,26,27). The predicted molar refractivity (Wildman–Crippen MR) is 107 cm³/mol. The second-order valence-electron chi connectivity index (χ2n) is 6.45. The molecular formula is C21H15F3N2O7. The Morgan fingerprint density at radius 2 is 1.67 bits per heavy atom. The minimum atomic E-state index is -1.75. The molecule has 0 bridgehead atoms. The van der Waals surface area contributed by atoms with Crippen LogP contribution in [0, 0.1) is 17.5 Å². The molecule has 33 heavy (non-hydrogen) atoms. The summed E-state index contributed by atoms with van der Waals surface area (Å²) in [4.78, 5) is 46.4. The van der Waals surface area contributed by atoms with E-state index in [-0.39, 0.29) is 11.3 Å². The number of esters is 1. The van der Waals surface area contributed by atoms with Gasteiger partial charge in [0.15, 0.2) is 30.7 Å². The van der Waals surface area contributed by atoms with Gasteiger partial charge in [-0.05, 0) is 30.3 Å². The first-order chi connectivity index (χ1) is 15.7. The molecule has 1 heterocycles. The van der Waals surface area contributed by atoms with Gasteiger partial charge in [-0.1, -0.05) is 0 Å². The van der Waals surface area contributed by atoms with Crippen LogP contribution in [0.4, 0.5) is 18.9 Å². The summed E-state index contributed by atoms with van der Waals surface area (Å²) >= 11 is 0. The molecule has 3 aromatic rings. The Labute approximate surface area is 183 Å². The summed E-state index contributed by atoms with van der Waals surface area (Å²) in [5.74, 6) is -7.21. The Morgan fingerprint density at radius 3 is 2.45 bits per heavy atom. The molecule has 9 nitrogen and oxygen atoms in total. The molecule has 0 fully saturated rings. The van der Waals surface area contributed by atoms with Crippen LogP contribution < -0.4 is 21.0 Å². The topological polar surface area (TPSA) is 124 Å². The van der Waals surface area contributed by atoms with Gasteiger partial charge >= 0.3 is 11.6 Å². The molecule has 0 aliphatic rings. The van der Waals surface area contributed by atoms with E-state index in [0.717, 1.165) is 6.07 Å². The van der Waals surface area contributed by atoms with Gasteiger partial charge in [-0.15, -0.1) is 0 Å². The van der Waals surface area contributed by atoms with Crippen LogP contribution in [0.1, 0.15) is 0 Å². The number of benzene rings is 2. The number of ether oxygens (including phenoxy) is 2. The van der Waals surface area contributed by atoms with Crippen LogP contribution in [0.2, 0.25) is 0 Å². The number of carbonyl (C=O) groups excluding carboxylic acids is 3. The number of rotatable bonds is 8. The number of hydrogen-bond donors (Lipinski definition) is 2. The van der Waals surface area contributed by atoms with Crippen LogP contribution in [0.3, 0.4) is 0 Å². The largest absolute Gasteiger partial charge is 0.482 e. The van der Waals surface area contributed by atoms with Crippen molar-refractivity contribution in [3.63, 3.8) is 0 Å². The lowest BCUT2D eigenvalue weighted by molar-refractivity contribution is -0.150. The van der Waals surface area contributed by atoms with Gasteiger partial charge in [0.25, 0.3) is 5.91 Å². The maximum Gasteiger partial charge on any atom is 0.344 e. The monoisotopic (exact) mass is 464 g/mol. The lowest BCUT2D eigenvalue weighted by Crippen LogP contribution is -2.36. The van der Waals surface area contributed by atoms with Gasteiger partial charge < -0.3 is 24.5 Å². The molecule has 172 valence electrons. The average molecular weight is 464 g/mol. The SMILES string of the molecule is O=C(COC(=O)COc1ccc2ccc(=O)oc2c1)NCC(=O)Nc1ccc(F)c(F)c1F. The van der Waals surface area contributed by atoms with Crippen molar-refractivity contribution in [1.29, 1.82) is 0 Å². The van der Waals surface area contributed by atoms with Crippen molar-refractivity contribution < 1.29 is 41.4 Å². The second kappa shape index (κ2) is 10.3. The average Bonchev–Trinajstić information content (AvgIpc) is 2.80. The van der Waals surface area contributed by atoms with Gasteiger partial charge in [0.05, 0.1) is 12.2 Å². The Kier molecular flexibility index (Phi) is 7.28. The fraction of sp³-hybridized carbons (Fsp3) is 0.143. The number of anilines is 1. The van der Waals surface area contributed by atoms with E-state index in [1.54, 1.807) is 12.1 Å². The van der Waals surface area contributed by atoms with E-state index in [9.17, 15) is 32.3 Å². The van der Waals surface area contributed by atoms with Crippen LogP contribution >= 0.6 is 0 Å². The Balaban J connectivity index is 1.39. The Bertz CT molecular complexity index is 1280. The van der Waals surface area contributed by atoms with E-state index in [0.29, 0.717) is 11.5 Å². The van der Waals surface area contributed by atoms with Crippen molar-refractivity contribution in [3.05, 3.63) is 70.3 Å². The third-order valence-electron chi connectivity index (χ3n) is 4.07. The zero-order valence-corrected chi connectivity index (χ0v) is 16.7. The van der Waals surface area contributed by atoms with Gasteiger partial charge in [0.1, 0.15) is 11.3 Å². The zero-order valence-electron chi connectivity index (χ0n) is 16.7. The predicted octanol–water partition coefficient (Wildman–Crippen LogP) is 1.89. The summed E-state index contributed by atoms with van der Waals surface area (Å²) in [6.45, 7) is -1.93. The molecule has 0 unspecified atom stereocenters. The molecule has 0 saturated heterocycles. The van der Waals surface area contributed by atoms with Gasteiger partial charge in [0, 0.05) is 17.5 Å². The molecule has 0 aliphatic carbocycles. The molecule has 0 atom stereocenters. The molecule has 12 heteroatoms. The van der Waals surface area contributed by atoms with Gasteiger partial charge in [-0.25, -0.2) is 22.8 Å². The minimum Gasteiger partial charge on any atom is -0.482 e. The molecule has 3 rings (SSSR count). The first kappa shape index (κ1) is 23.3. The first-order valence-corrected chi connectivity index (χ1v) is 9.25. The first-order valence-electron chi connectivity index (χ1n) is 9.25. The summed E-state index contributed by atoms with van der Waals surface area (Å²) in [7, 11) is 0. The highest BCUT2D eigenvalue weighted by atomic mass is 19.2. The summed E-state index contributed by atoms with van der Waals surface area (Å²) in [6.07, 6.45) is 0. The molecule has 2 aromatic carbocycles. The highest BCUT2D eigenvalue weighted by Gasteiger charge is 2.16. The number of nitrogens with one attached hydrogen (secondary N) is 2. The minimum absolute atomic E-state index is 0.222. The number of amides is 2. The fourth-order valence-corrected chi connectivity index (χ4v) is 2.51. The van der Waals surface area contributed by atoms with Crippen molar-refractivity contribution in [1.82, 2.24) is 5.32 Å². The van der Waals surface area contributed by atoms with E-state index < -0.39 is 66.3 Å². The van der Waals surface area contributed by atoms with Crippen molar-refractivity contribution in [2.45, 2.75) is 0 Å². The van der Waals surface area contributed by atoms with E-state index in [1.165, 1.54) is 18.2 Å². The Morgan fingerprint density at radius 1 is 0.909 bits per heavy atom. The van der Waals surface area contributed by atoms with Crippen LogP contribution in [-0.4, -0.2) is 37.5 Å². The molecule has 0 radical (unpaired) electrons. The molecule has 2 N–H and O–H groups in total. The van der Waals surface area contributed by atoms with Crippen LogP contribution in [0.5, 0.6) is 5.75 Å². The summed E-state index contributed by atoms with van der Waals surface area (Å²) < 4.78 is 54.4. The van der Waals surface area contributed by atoms with Crippen molar-refractivity contribution in [2.24, 2.45) is 0 Å².